The van der Waals surface area contributed by atoms with Crippen LogP contribution in [0.1, 0.15) is 114 Å². The Hall–Kier alpha value is -7.56. The highest BCUT2D eigenvalue weighted by Crippen LogP contribution is 2.36. The molecule has 0 aliphatic carbocycles. The maximum absolute atomic E-state index is 14.1. The number of hydrogen-bond donors (Lipinski definition) is 12. The summed E-state index contributed by atoms with van der Waals surface area (Å²) in [5.74, 6) is -9.81. The van der Waals surface area contributed by atoms with Crippen LogP contribution in [0.15, 0.2) is 60.7 Å². The minimum Gasteiger partial charge on any atom is -0.475 e. The van der Waals surface area contributed by atoms with Crippen molar-refractivity contribution in [1.29, 1.82) is 0 Å². The number of alkyl halides is 6. The molecule has 532 valence electrons. The number of carboxylic acid groups (broad SMARTS) is 2. The van der Waals surface area contributed by atoms with Crippen LogP contribution < -0.4 is 42.5 Å². The molecule has 2 aromatic carbocycles. The first kappa shape index (κ1) is 79.9. The summed E-state index contributed by atoms with van der Waals surface area (Å²) in [6, 6.07) is 10.4. The zero-order chi connectivity index (χ0) is 70.4. The molecular formula is C62H90F6N10O17. The molecule has 0 saturated carbocycles. The van der Waals surface area contributed by atoms with Gasteiger partial charge in [0.05, 0.1) is 38.5 Å². The smallest absolute Gasteiger partial charge is 0.475 e. The van der Waals surface area contributed by atoms with Crippen LogP contribution in [-0.2, 0) is 62.2 Å². The number of fused-ring (bicyclic) bond motifs is 2. The van der Waals surface area contributed by atoms with E-state index < -0.39 is 120 Å². The first-order valence-electron chi connectivity index (χ1n) is 31.6. The van der Waals surface area contributed by atoms with Gasteiger partial charge in [-0.15, -0.1) is 0 Å². The molecule has 4 saturated heterocycles. The zero-order valence-electron chi connectivity index (χ0n) is 53.5. The van der Waals surface area contributed by atoms with Crippen molar-refractivity contribution < 1.29 is 109 Å². The van der Waals surface area contributed by atoms with Gasteiger partial charge in [-0.1, -0.05) is 74.5 Å². The molecule has 0 bridgehead atoms. The Balaban J connectivity index is 0.00000123. The third-order valence-corrected chi connectivity index (χ3v) is 16.7. The lowest BCUT2D eigenvalue weighted by atomic mass is 9.93. The van der Waals surface area contributed by atoms with Crippen molar-refractivity contribution in [3.05, 3.63) is 71.8 Å². The average molecular weight is 1360 g/mol. The number of amides is 8. The fourth-order valence-electron chi connectivity index (χ4n) is 11.6. The molecule has 4 aliphatic rings. The molecule has 2 aromatic rings. The molecule has 0 aromatic heterocycles. The minimum absolute atomic E-state index is 0.239. The summed E-state index contributed by atoms with van der Waals surface area (Å²) in [5.41, 5.74) is 1.15. The van der Waals surface area contributed by atoms with Gasteiger partial charge in [0.25, 0.3) is 0 Å². The number of likely N-dealkylation sites (N-methyl/N-ethyl adjacent to an activating group) is 2. The van der Waals surface area contributed by atoms with Crippen LogP contribution in [0, 0.1) is 11.8 Å². The number of aliphatic carboxylic acids is 2. The summed E-state index contributed by atoms with van der Waals surface area (Å²) in [6.45, 7) is 5.61. The summed E-state index contributed by atoms with van der Waals surface area (Å²) in [6.07, 6.45) is -4.08. The topological polar surface area (TPSA) is 382 Å². The lowest BCUT2D eigenvalue weighted by Gasteiger charge is -2.33. The third kappa shape index (κ3) is 24.6. The van der Waals surface area contributed by atoms with Crippen molar-refractivity contribution in [1.82, 2.24) is 52.3 Å². The van der Waals surface area contributed by atoms with Crippen LogP contribution >= 0.6 is 0 Å². The first-order chi connectivity index (χ1) is 45.2. The van der Waals surface area contributed by atoms with Crippen molar-refractivity contribution in [2.75, 3.05) is 80.0 Å². The van der Waals surface area contributed by atoms with E-state index in [9.17, 15) is 74.9 Å². The number of nitrogens with one attached hydrogen (secondary N) is 8. The summed E-state index contributed by atoms with van der Waals surface area (Å²) in [7, 11) is 3.33. The van der Waals surface area contributed by atoms with Gasteiger partial charge in [0, 0.05) is 63.4 Å². The van der Waals surface area contributed by atoms with E-state index in [0.29, 0.717) is 128 Å². The molecule has 12 N–H and O–H groups in total. The van der Waals surface area contributed by atoms with E-state index in [1.165, 1.54) is 0 Å². The molecule has 6 rings (SSSR count). The van der Waals surface area contributed by atoms with E-state index in [1.54, 1.807) is 72.4 Å². The van der Waals surface area contributed by atoms with Crippen LogP contribution in [-0.4, -0.2) is 230 Å². The number of benzene rings is 2. The highest BCUT2D eigenvalue weighted by molar-refractivity contribution is 5.97. The monoisotopic (exact) mass is 1360 g/mol. The van der Waals surface area contributed by atoms with Crippen LogP contribution in [0.3, 0.4) is 0 Å². The Morgan fingerprint density at radius 1 is 0.505 bits per heavy atom. The van der Waals surface area contributed by atoms with Crippen molar-refractivity contribution in [3.8, 4) is 0 Å². The molecule has 12 atom stereocenters. The first-order valence-corrected chi connectivity index (χ1v) is 31.6. The lowest BCUT2D eigenvalue weighted by Crippen LogP contribution is -2.59. The fraction of sp³-hybridized carbons (Fsp3) is 0.645. The van der Waals surface area contributed by atoms with Gasteiger partial charge in [-0.25, -0.2) is 9.59 Å². The third-order valence-electron chi connectivity index (χ3n) is 16.7. The van der Waals surface area contributed by atoms with Crippen molar-refractivity contribution in [2.24, 2.45) is 11.8 Å². The molecule has 8 amide bonds. The molecular weight excluding hydrogens is 1270 g/mol. The average Bonchev–Trinajstić information content (AvgIpc) is 1.66. The lowest BCUT2D eigenvalue weighted by molar-refractivity contribution is -0.193. The zero-order valence-corrected chi connectivity index (χ0v) is 53.5. The largest absolute Gasteiger partial charge is 0.490 e. The van der Waals surface area contributed by atoms with Crippen LogP contribution in [0.2, 0.25) is 0 Å². The quantitative estimate of drug-likeness (QED) is 0.0365. The van der Waals surface area contributed by atoms with E-state index in [0.717, 1.165) is 0 Å². The van der Waals surface area contributed by atoms with Gasteiger partial charge in [0.2, 0.25) is 47.3 Å². The molecule has 0 unspecified atom stereocenters. The molecule has 0 radical (unpaired) electrons. The Labute approximate surface area is 546 Å². The summed E-state index contributed by atoms with van der Waals surface area (Å²) in [4.78, 5) is 131. The number of carbonyl (C=O) groups excluding carboxylic acids is 8. The molecule has 95 heavy (non-hydrogen) atoms. The number of aliphatic hydroxyl groups excluding tert-OH is 2. The van der Waals surface area contributed by atoms with Crippen LogP contribution in [0.5, 0.6) is 0 Å². The number of ether oxygens (including phenoxy) is 3. The standard InChI is InChI=1S/C58H88N10O13.2C2HF3O2/c1-5-43(59-3)51(71)65-49-39(35-69)19-21-41-23-25-45(67(41)57(49)77)53(73)63-47(37-15-9-7-10-16-37)55(75)61-27-13-29-79-31-33-81-34-32-80-30-14-28-62-56(76)48(38-17-11-8-12-18-38)64-54(74)46-26-24-42-22-20-40(36-70)50(58(78)68(42)46)66-52(72)44(6-2)60-4;2*3-2(4,5)1(6)7/h7-12,15-18,39-50,59-60,69-70H,5-6,13-14,19-36H2,1-4H3,(H,61,75)(H,62,76)(H,63,73)(H,64,74)(H,65,71)(H,66,72);2*(H,6,7)/t39-,40-,41+,42+,43+,44+,45+,46+,47+,48+,49+,50+;;/m1../s1. The number of carboxylic acids is 2. The SMILES string of the molecule is CC[C@H](NC)C(=O)N[C@@H]1C(=O)N2[C@@H](CC[C@@H]1CO)CC[C@H]2C(=O)N[C@H](C(=O)NCCCOCCOCCOCCCNC(=O)[C@@H](NC(=O)[C@@H]1CC[C@@H]2CC[C@H](CO)[C@H](NC(=O)[C@H](CC)NC)C(=O)N21)c1ccccc1)c1ccccc1.O=C(O)C(F)(F)F.O=C(O)C(F)(F)F. The van der Waals surface area contributed by atoms with Gasteiger partial charge < -0.3 is 87.0 Å². The van der Waals surface area contributed by atoms with Gasteiger partial charge in [-0.05, 0) is 102 Å². The van der Waals surface area contributed by atoms with Crippen LogP contribution in [0.4, 0.5) is 26.3 Å². The Morgan fingerprint density at radius 3 is 1.12 bits per heavy atom. The van der Waals surface area contributed by atoms with Gasteiger partial charge in [-0.3, -0.25) is 38.4 Å². The maximum Gasteiger partial charge on any atom is 0.490 e. The van der Waals surface area contributed by atoms with Crippen molar-refractivity contribution >= 4 is 59.2 Å². The number of halogens is 6. The minimum atomic E-state index is -5.08. The van der Waals surface area contributed by atoms with Gasteiger partial charge >= 0.3 is 24.3 Å². The highest BCUT2D eigenvalue weighted by atomic mass is 19.4. The van der Waals surface area contributed by atoms with E-state index in [-0.39, 0.29) is 50.2 Å². The second-order valence-corrected chi connectivity index (χ2v) is 22.9. The fourth-order valence-corrected chi connectivity index (χ4v) is 11.6. The van der Waals surface area contributed by atoms with Gasteiger partial charge in [0.1, 0.15) is 36.3 Å². The maximum atomic E-state index is 14.1. The number of aliphatic hydroxyl groups is 2. The van der Waals surface area contributed by atoms with Gasteiger partial charge in [-0.2, -0.15) is 26.3 Å². The predicted molar refractivity (Wildman–Crippen MR) is 327 cm³/mol. The second kappa shape index (κ2) is 40.1. The molecule has 4 fully saturated rings. The number of nitrogens with zero attached hydrogens (tertiary/aromatic N) is 2. The van der Waals surface area contributed by atoms with E-state index >= 15 is 0 Å². The highest BCUT2D eigenvalue weighted by Gasteiger charge is 2.50. The summed E-state index contributed by atoms with van der Waals surface area (Å²) >= 11 is 0. The van der Waals surface area contributed by atoms with E-state index in [4.69, 9.17) is 34.0 Å². The predicted octanol–water partition coefficient (Wildman–Crippen LogP) is 1.52. The molecule has 4 aliphatic heterocycles. The summed E-state index contributed by atoms with van der Waals surface area (Å²) in [5, 5.41) is 58.0. The Kier molecular flexibility index (Phi) is 33.7. The normalized spacial score (nSPS) is 22.2. The van der Waals surface area contributed by atoms with Gasteiger partial charge in [0.15, 0.2) is 0 Å². The molecule has 33 heteroatoms. The molecule has 4 heterocycles. The Morgan fingerprint density at radius 2 is 0.821 bits per heavy atom. The number of carbonyl (C=O) groups is 10. The molecule has 27 nitrogen and oxygen atoms in total. The van der Waals surface area contributed by atoms with E-state index in [2.05, 4.69) is 42.5 Å². The Bertz CT molecular complexity index is 2610. The van der Waals surface area contributed by atoms with Crippen molar-refractivity contribution in [2.45, 2.75) is 164 Å². The van der Waals surface area contributed by atoms with Crippen LogP contribution in [0.25, 0.3) is 0 Å². The molecule has 0 spiro atoms. The summed E-state index contributed by atoms with van der Waals surface area (Å²) < 4.78 is 80.6. The number of rotatable bonds is 32. The van der Waals surface area contributed by atoms with E-state index in [1.807, 2.05) is 26.0 Å². The number of hydrogen-bond acceptors (Lipinski definition) is 17. The second-order valence-electron chi connectivity index (χ2n) is 22.9. The van der Waals surface area contributed by atoms with Crippen molar-refractivity contribution in [3.63, 3.8) is 0 Å².